The van der Waals surface area contributed by atoms with Crippen LogP contribution in [-0.2, 0) is 6.54 Å². The molecule has 2 saturated heterocycles. The second kappa shape index (κ2) is 3.36. The molecule has 0 saturated carbocycles. The number of likely N-dealkylation sites (tertiary alicyclic amines) is 1. The van der Waals surface area contributed by atoms with E-state index in [0.29, 0.717) is 0 Å². The van der Waals surface area contributed by atoms with Gasteiger partial charge in [0.2, 0.25) is 0 Å². The van der Waals surface area contributed by atoms with Crippen molar-refractivity contribution in [1.82, 2.24) is 14.5 Å². The zero-order valence-electron chi connectivity index (χ0n) is 7.72. The first-order valence-corrected chi connectivity index (χ1v) is 6.57. The van der Waals surface area contributed by atoms with Gasteiger partial charge in [-0.05, 0) is 6.42 Å². The molecule has 14 heavy (non-hydrogen) atoms. The average molecular weight is 228 g/mol. The van der Waals surface area contributed by atoms with Crippen molar-refractivity contribution in [2.24, 2.45) is 0 Å². The predicted molar refractivity (Wildman–Crippen MR) is 59.4 cm³/mol. The third kappa shape index (κ3) is 1.41. The second-order valence-corrected chi connectivity index (χ2v) is 5.98. The molecule has 2 bridgehead atoms. The predicted octanol–water partition coefficient (Wildman–Crippen LogP) is 0.810. The van der Waals surface area contributed by atoms with Crippen LogP contribution < -0.4 is 5.73 Å². The van der Waals surface area contributed by atoms with Crippen molar-refractivity contribution in [3.8, 4) is 0 Å². The minimum atomic E-state index is 0.756. The summed E-state index contributed by atoms with van der Waals surface area (Å²) in [5.74, 6) is 1.28. The van der Waals surface area contributed by atoms with Gasteiger partial charge in [0.15, 0.2) is 0 Å². The number of nitrogens with two attached hydrogens (primary N) is 1. The highest BCUT2D eigenvalue weighted by Gasteiger charge is 2.38. The van der Waals surface area contributed by atoms with E-state index in [4.69, 9.17) is 5.73 Å². The maximum absolute atomic E-state index is 5.78. The topological polar surface area (TPSA) is 55.0 Å². The normalized spacial score (nSPS) is 31.4. The molecule has 3 heterocycles. The summed E-state index contributed by atoms with van der Waals surface area (Å²) in [4.78, 5) is 2.49. The highest BCUT2D eigenvalue weighted by atomic mass is 32.2. The van der Waals surface area contributed by atoms with Gasteiger partial charge >= 0.3 is 0 Å². The first kappa shape index (κ1) is 8.94. The van der Waals surface area contributed by atoms with E-state index in [1.54, 1.807) is 0 Å². The molecule has 3 rings (SSSR count). The van der Waals surface area contributed by atoms with Crippen LogP contribution in [0.4, 0.5) is 5.00 Å². The van der Waals surface area contributed by atoms with Gasteiger partial charge in [-0.1, -0.05) is 4.49 Å². The van der Waals surface area contributed by atoms with E-state index >= 15 is 0 Å². The van der Waals surface area contributed by atoms with Crippen LogP contribution in [-0.4, -0.2) is 38.1 Å². The van der Waals surface area contributed by atoms with Crippen LogP contribution in [0.15, 0.2) is 0 Å². The lowest BCUT2D eigenvalue weighted by molar-refractivity contribution is 0.258. The summed E-state index contributed by atoms with van der Waals surface area (Å²) in [6, 6.07) is 0.756. The highest BCUT2D eigenvalue weighted by molar-refractivity contribution is 8.00. The minimum absolute atomic E-state index is 0.756. The van der Waals surface area contributed by atoms with Gasteiger partial charge in [0.1, 0.15) is 10.7 Å². The van der Waals surface area contributed by atoms with E-state index in [-0.39, 0.29) is 0 Å². The third-order valence-corrected chi connectivity index (χ3v) is 4.94. The van der Waals surface area contributed by atoms with Crippen molar-refractivity contribution in [1.29, 1.82) is 0 Å². The number of fused-ring (bicyclic) bond motifs is 2. The molecule has 1 aromatic heterocycles. The number of anilines is 1. The van der Waals surface area contributed by atoms with Gasteiger partial charge in [-0.3, -0.25) is 4.90 Å². The molecule has 2 fully saturated rings. The molecule has 0 amide bonds. The van der Waals surface area contributed by atoms with Crippen LogP contribution in [0, 0.1) is 0 Å². The van der Waals surface area contributed by atoms with Gasteiger partial charge in [0.05, 0.1) is 0 Å². The van der Waals surface area contributed by atoms with Crippen LogP contribution in [0.25, 0.3) is 0 Å². The summed E-state index contributed by atoms with van der Waals surface area (Å²) in [5, 5.41) is 5.69. The molecular weight excluding hydrogens is 216 g/mol. The molecule has 2 unspecified atom stereocenters. The van der Waals surface area contributed by atoms with E-state index in [2.05, 4.69) is 26.2 Å². The second-order valence-electron chi connectivity index (χ2n) is 3.86. The Bertz CT molecular complexity index is 340. The Hall–Kier alpha value is -0.330. The number of nitrogens with zero attached hydrogens (tertiary/aromatic N) is 3. The molecule has 0 radical (unpaired) electrons. The molecule has 1 aromatic rings. The Labute approximate surface area is 91.0 Å². The van der Waals surface area contributed by atoms with Gasteiger partial charge in [-0.2, -0.15) is 11.8 Å². The lowest BCUT2D eigenvalue weighted by Crippen LogP contribution is -2.33. The van der Waals surface area contributed by atoms with Crippen molar-refractivity contribution in [2.45, 2.75) is 24.3 Å². The van der Waals surface area contributed by atoms with Crippen molar-refractivity contribution in [2.75, 3.05) is 18.0 Å². The summed E-state index contributed by atoms with van der Waals surface area (Å²) in [6.45, 7) is 2.09. The van der Waals surface area contributed by atoms with E-state index in [1.807, 2.05) is 0 Å². The van der Waals surface area contributed by atoms with Gasteiger partial charge < -0.3 is 5.73 Å². The fourth-order valence-electron chi connectivity index (χ4n) is 2.19. The number of rotatable bonds is 2. The van der Waals surface area contributed by atoms with Gasteiger partial charge in [0.25, 0.3) is 0 Å². The van der Waals surface area contributed by atoms with Crippen molar-refractivity contribution < 1.29 is 0 Å². The van der Waals surface area contributed by atoms with E-state index in [9.17, 15) is 0 Å². The monoisotopic (exact) mass is 228 g/mol. The smallest absolute Gasteiger partial charge is 0.132 e. The molecule has 0 aromatic carbocycles. The van der Waals surface area contributed by atoms with Gasteiger partial charge in [-0.15, -0.1) is 5.10 Å². The minimum Gasteiger partial charge on any atom is -0.388 e. The summed E-state index contributed by atoms with van der Waals surface area (Å²) in [7, 11) is 0. The lowest BCUT2D eigenvalue weighted by Gasteiger charge is -2.25. The number of thioether (sulfide) groups is 1. The summed E-state index contributed by atoms with van der Waals surface area (Å²) in [6.07, 6.45) is 1.35. The first-order valence-electron chi connectivity index (χ1n) is 4.75. The number of hydrogen-bond acceptors (Lipinski definition) is 6. The number of aromatic nitrogens is 2. The van der Waals surface area contributed by atoms with E-state index in [1.165, 1.54) is 30.3 Å². The molecule has 0 aliphatic carbocycles. The maximum Gasteiger partial charge on any atom is 0.132 e. The Morgan fingerprint density at radius 3 is 3.07 bits per heavy atom. The molecule has 4 nitrogen and oxygen atoms in total. The molecule has 2 atom stereocenters. The molecule has 76 valence electrons. The Balaban J connectivity index is 1.71. The quantitative estimate of drug-likeness (QED) is 0.812. The maximum atomic E-state index is 5.78. The third-order valence-electron chi connectivity index (χ3n) is 2.95. The lowest BCUT2D eigenvalue weighted by atomic mass is 10.2. The largest absolute Gasteiger partial charge is 0.388 e. The summed E-state index contributed by atoms with van der Waals surface area (Å²) >= 11 is 3.40. The Morgan fingerprint density at radius 2 is 2.50 bits per heavy atom. The fraction of sp³-hybridized carbons (Fsp3) is 0.750. The molecule has 0 spiro atoms. The highest BCUT2D eigenvalue weighted by Crippen LogP contribution is 2.38. The number of nitrogen functional groups attached to an aromatic ring is 1. The standard InChI is InChI=1S/C8H12N4S2/c9-8-7(10-11-14-8)3-12-2-6-1-5(12)4-13-6/h5-6H,1-4,9H2. The van der Waals surface area contributed by atoms with Crippen molar-refractivity contribution >= 4 is 28.3 Å². The Kier molecular flexibility index (Phi) is 2.14. The van der Waals surface area contributed by atoms with Crippen LogP contribution in [0.5, 0.6) is 0 Å². The zero-order chi connectivity index (χ0) is 9.54. The summed E-state index contributed by atoms with van der Waals surface area (Å²) < 4.78 is 3.86. The van der Waals surface area contributed by atoms with E-state index < -0.39 is 0 Å². The van der Waals surface area contributed by atoms with E-state index in [0.717, 1.165) is 28.5 Å². The summed E-state index contributed by atoms with van der Waals surface area (Å²) in [5.41, 5.74) is 6.74. The van der Waals surface area contributed by atoms with Crippen LogP contribution in [0.3, 0.4) is 0 Å². The van der Waals surface area contributed by atoms with Crippen LogP contribution >= 0.6 is 23.3 Å². The van der Waals surface area contributed by atoms with Gasteiger partial charge in [0, 0.05) is 41.7 Å². The van der Waals surface area contributed by atoms with Crippen molar-refractivity contribution in [3.05, 3.63) is 5.69 Å². The van der Waals surface area contributed by atoms with Gasteiger partial charge in [-0.25, -0.2) is 0 Å². The fourth-order valence-corrected chi connectivity index (χ4v) is 4.12. The zero-order valence-corrected chi connectivity index (χ0v) is 9.35. The SMILES string of the molecule is Nc1snnc1CN1CC2CC1CS2. The molecule has 2 aliphatic rings. The Morgan fingerprint density at radius 1 is 1.57 bits per heavy atom. The van der Waals surface area contributed by atoms with Crippen molar-refractivity contribution in [3.63, 3.8) is 0 Å². The van der Waals surface area contributed by atoms with Crippen LogP contribution in [0.2, 0.25) is 0 Å². The average Bonchev–Trinajstić information content (AvgIpc) is 2.83. The molecule has 2 aliphatic heterocycles. The molecule has 6 heteroatoms. The molecular formula is C8H12N4S2. The number of hydrogen-bond donors (Lipinski definition) is 1. The van der Waals surface area contributed by atoms with Crippen LogP contribution in [0.1, 0.15) is 12.1 Å². The molecule has 2 N–H and O–H groups in total. The first-order chi connectivity index (χ1) is 6.83.